The number of hydrogen-bond acceptors (Lipinski definition) is 1. The lowest BCUT2D eigenvalue weighted by Gasteiger charge is -2.08. The van der Waals surface area contributed by atoms with E-state index in [1.165, 1.54) is 16.7 Å². The molecule has 0 spiro atoms. The number of nitrogens with zero attached hydrogens (tertiary/aromatic N) is 1. The highest BCUT2D eigenvalue weighted by atomic mass is 79.9. The Morgan fingerprint density at radius 3 is 2.47 bits per heavy atom. The molecule has 19 heavy (non-hydrogen) atoms. The molecule has 0 aliphatic carbocycles. The number of rotatable bonds is 1. The van der Waals surface area contributed by atoms with E-state index in [-0.39, 0.29) is 16.0 Å². The van der Waals surface area contributed by atoms with Crippen LogP contribution < -0.4 is 0 Å². The Balaban J connectivity index is 2.47. The molecule has 96 valence electrons. The fourth-order valence-electron chi connectivity index (χ4n) is 2.02. The number of benzene rings is 2. The van der Waals surface area contributed by atoms with Crippen LogP contribution in [0.5, 0.6) is 0 Å². The van der Waals surface area contributed by atoms with Gasteiger partial charge < -0.3 is 4.98 Å². The van der Waals surface area contributed by atoms with Crippen molar-refractivity contribution >= 4 is 39.2 Å². The maximum absolute atomic E-state index is 14.0. The molecule has 0 saturated heterocycles. The Morgan fingerprint density at radius 2 is 1.74 bits per heavy atom. The number of hydrogen-bond donors (Lipinski definition) is 1. The molecule has 0 aliphatic rings. The minimum Gasteiger partial charge on any atom is -0.328 e. The highest BCUT2D eigenvalue weighted by Gasteiger charge is 2.15. The Morgan fingerprint density at radius 1 is 1.05 bits per heavy atom. The lowest BCUT2D eigenvalue weighted by atomic mass is 10.2. The number of para-hydroxylation sites is 2. The van der Waals surface area contributed by atoms with Gasteiger partial charge in [-0.1, -0.05) is 12.1 Å². The van der Waals surface area contributed by atoms with Crippen LogP contribution in [0.3, 0.4) is 0 Å². The van der Waals surface area contributed by atoms with E-state index in [0.29, 0.717) is 9.99 Å². The van der Waals surface area contributed by atoms with E-state index in [4.69, 9.17) is 12.2 Å². The second-order valence-corrected chi connectivity index (χ2v) is 5.21. The molecule has 0 radical (unpaired) electrons. The summed E-state index contributed by atoms with van der Waals surface area (Å²) in [4.78, 5) is 2.76. The quantitative estimate of drug-likeness (QED) is 0.635. The molecule has 1 aromatic heterocycles. The first-order chi connectivity index (χ1) is 9.09. The minimum atomic E-state index is -0.435. The van der Waals surface area contributed by atoms with Gasteiger partial charge in [0.05, 0.1) is 11.2 Å². The summed E-state index contributed by atoms with van der Waals surface area (Å²) in [5.41, 5.74) is 1.03. The zero-order valence-electron chi connectivity index (χ0n) is 9.45. The highest BCUT2D eigenvalue weighted by molar-refractivity contribution is 9.10. The molecule has 0 aliphatic heterocycles. The number of H-pyrrole nitrogens is 1. The van der Waals surface area contributed by atoms with Gasteiger partial charge in [0.2, 0.25) is 0 Å². The first-order valence-corrected chi connectivity index (χ1v) is 6.63. The average molecular weight is 341 g/mol. The number of aromatic amines is 1. The molecule has 6 heteroatoms. The van der Waals surface area contributed by atoms with Gasteiger partial charge in [0.25, 0.3) is 0 Å². The molecule has 0 fully saturated rings. The Kier molecular flexibility index (Phi) is 2.99. The van der Waals surface area contributed by atoms with E-state index in [1.807, 2.05) is 0 Å². The Hall–Kier alpha value is -1.53. The van der Waals surface area contributed by atoms with Crippen molar-refractivity contribution in [2.75, 3.05) is 0 Å². The second-order valence-electron chi connectivity index (χ2n) is 3.97. The van der Waals surface area contributed by atoms with Crippen LogP contribution in [0, 0.1) is 16.4 Å². The van der Waals surface area contributed by atoms with Gasteiger partial charge in [0, 0.05) is 4.47 Å². The highest BCUT2D eigenvalue weighted by Crippen LogP contribution is 2.28. The van der Waals surface area contributed by atoms with E-state index in [0.717, 1.165) is 0 Å². The Bertz CT molecular complexity index is 818. The number of nitrogens with one attached hydrogen (secondary N) is 1. The summed E-state index contributed by atoms with van der Waals surface area (Å²) < 4.78 is 30.0. The summed E-state index contributed by atoms with van der Waals surface area (Å²) in [6, 6.07) is 9.20. The van der Waals surface area contributed by atoms with Crippen LogP contribution in [0.25, 0.3) is 16.7 Å². The summed E-state index contributed by atoms with van der Waals surface area (Å²) in [5.74, 6) is -0.856. The molecular formula is C13H7BrF2N2S. The first-order valence-electron chi connectivity index (χ1n) is 5.43. The van der Waals surface area contributed by atoms with Crippen LogP contribution in [0.15, 0.2) is 40.9 Å². The standard InChI is InChI=1S/C13H7BrF2N2S/c14-7-3-1-5-9(16)12(7)18-10-6-2-4-8(15)11(10)17-13(18)19/h1-6H,(H,17,19). The summed E-state index contributed by atoms with van der Waals surface area (Å²) >= 11 is 8.46. The lowest BCUT2D eigenvalue weighted by Crippen LogP contribution is -1.99. The van der Waals surface area contributed by atoms with Crippen LogP contribution >= 0.6 is 28.1 Å². The van der Waals surface area contributed by atoms with Crippen molar-refractivity contribution in [1.29, 1.82) is 0 Å². The van der Waals surface area contributed by atoms with Crippen molar-refractivity contribution in [1.82, 2.24) is 9.55 Å². The molecule has 0 unspecified atom stereocenters. The van der Waals surface area contributed by atoms with Gasteiger partial charge in [-0.2, -0.15) is 0 Å². The van der Waals surface area contributed by atoms with Crippen LogP contribution in [0.2, 0.25) is 0 Å². The third-order valence-corrected chi connectivity index (χ3v) is 3.75. The SMILES string of the molecule is Fc1cccc(Br)c1-n1c(=S)[nH]c2c(F)cccc21. The molecule has 0 bridgehead atoms. The zero-order chi connectivity index (χ0) is 13.6. The minimum absolute atomic E-state index is 0.242. The van der Waals surface area contributed by atoms with Gasteiger partial charge in [-0.3, -0.25) is 4.57 Å². The van der Waals surface area contributed by atoms with Gasteiger partial charge in [-0.25, -0.2) is 8.78 Å². The van der Waals surface area contributed by atoms with Crippen molar-refractivity contribution < 1.29 is 8.78 Å². The fraction of sp³-hybridized carbons (Fsp3) is 0. The molecule has 3 aromatic rings. The van der Waals surface area contributed by atoms with Gasteiger partial charge in [0.1, 0.15) is 17.2 Å². The van der Waals surface area contributed by atoms with Crippen LogP contribution in [0.4, 0.5) is 8.78 Å². The molecular weight excluding hydrogens is 334 g/mol. The monoisotopic (exact) mass is 340 g/mol. The van der Waals surface area contributed by atoms with Crippen molar-refractivity contribution in [3.63, 3.8) is 0 Å². The second kappa shape index (κ2) is 4.54. The van der Waals surface area contributed by atoms with Crippen molar-refractivity contribution in [2.24, 2.45) is 0 Å². The predicted octanol–water partition coefficient (Wildman–Crippen LogP) is 4.73. The third kappa shape index (κ3) is 1.91. The molecule has 0 atom stereocenters. The van der Waals surface area contributed by atoms with E-state index >= 15 is 0 Å². The summed E-state index contributed by atoms with van der Waals surface area (Å²) in [6.45, 7) is 0. The zero-order valence-corrected chi connectivity index (χ0v) is 11.9. The van der Waals surface area contributed by atoms with Gasteiger partial charge >= 0.3 is 0 Å². The molecule has 0 saturated carbocycles. The van der Waals surface area contributed by atoms with Gasteiger partial charge in [0.15, 0.2) is 4.77 Å². The largest absolute Gasteiger partial charge is 0.328 e. The Labute approximate surface area is 120 Å². The molecule has 2 aromatic carbocycles. The topological polar surface area (TPSA) is 20.7 Å². The predicted molar refractivity (Wildman–Crippen MR) is 76.1 cm³/mol. The van der Waals surface area contributed by atoms with Crippen molar-refractivity contribution in [3.05, 3.63) is 57.3 Å². The van der Waals surface area contributed by atoms with E-state index in [9.17, 15) is 8.78 Å². The summed E-state index contributed by atoms with van der Waals surface area (Å²) in [7, 11) is 0. The lowest BCUT2D eigenvalue weighted by molar-refractivity contribution is 0.617. The molecule has 1 heterocycles. The molecule has 3 rings (SSSR count). The number of imidazole rings is 1. The number of halogens is 3. The van der Waals surface area contributed by atoms with Gasteiger partial charge in [-0.15, -0.1) is 0 Å². The number of fused-ring (bicyclic) bond motifs is 1. The molecule has 1 N–H and O–H groups in total. The molecule has 0 amide bonds. The van der Waals surface area contributed by atoms with E-state index in [2.05, 4.69) is 20.9 Å². The third-order valence-electron chi connectivity index (χ3n) is 2.83. The van der Waals surface area contributed by atoms with Gasteiger partial charge in [-0.05, 0) is 52.4 Å². The summed E-state index contributed by atoms with van der Waals surface area (Å²) in [5, 5.41) is 0. The van der Waals surface area contributed by atoms with Crippen LogP contribution in [-0.4, -0.2) is 9.55 Å². The first kappa shape index (κ1) is 12.5. The van der Waals surface area contributed by atoms with Crippen LogP contribution in [0.1, 0.15) is 0 Å². The van der Waals surface area contributed by atoms with Crippen molar-refractivity contribution in [3.8, 4) is 5.69 Å². The fourth-order valence-corrected chi connectivity index (χ4v) is 2.83. The smallest absolute Gasteiger partial charge is 0.182 e. The maximum atomic E-state index is 14.0. The molecule has 2 nitrogen and oxygen atoms in total. The van der Waals surface area contributed by atoms with Crippen molar-refractivity contribution in [2.45, 2.75) is 0 Å². The normalized spacial score (nSPS) is 11.1. The van der Waals surface area contributed by atoms with E-state index < -0.39 is 11.6 Å². The average Bonchev–Trinajstić information content (AvgIpc) is 2.68. The maximum Gasteiger partial charge on any atom is 0.182 e. The number of aromatic nitrogens is 2. The van der Waals surface area contributed by atoms with Crippen LogP contribution in [-0.2, 0) is 0 Å². The summed E-state index contributed by atoms with van der Waals surface area (Å²) in [6.07, 6.45) is 0. The van der Waals surface area contributed by atoms with E-state index in [1.54, 1.807) is 24.3 Å².